The molecule has 0 radical (unpaired) electrons. The van der Waals surface area contributed by atoms with Gasteiger partial charge in [-0.05, 0) is 34.5 Å². The van der Waals surface area contributed by atoms with Crippen LogP contribution in [0.1, 0.15) is 11.4 Å². The van der Waals surface area contributed by atoms with E-state index >= 15 is 0 Å². The highest BCUT2D eigenvalue weighted by Gasteiger charge is 1.95. The molecule has 0 saturated carbocycles. The first-order valence-electron chi connectivity index (χ1n) is 5.74. The van der Waals surface area contributed by atoms with Crippen LogP contribution in [0.25, 0.3) is 6.08 Å². The first-order valence-corrected chi connectivity index (χ1v) is 6.54. The topological polar surface area (TPSA) is 82.5 Å². The Morgan fingerprint density at radius 1 is 1.50 bits per heavy atom. The van der Waals surface area contributed by atoms with Crippen LogP contribution in [0.4, 0.5) is 5.95 Å². The Labute approximate surface area is 114 Å². The maximum Gasteiger partial charge on any atom is 0.197 e. The van der Waals surface area contributed by atoms with Crippen LogP contribution in [0.3, 0.4) is 0 Å². The van der Waals surface area contributed by atoms with Gasteiger partial charge in [0.2, 0.25) is 0 Å². The molecule has 0 aliphatic rings. The van der Waals surface area contributed by atoms with E-state index in [1.54, 1.807) is 6.20 Å². The number of imidazole rings is 1. The van der Waals surface area contributed by atoms with Crippen molar-refractivity contribution in [2.24, 2.45) is 0 Å². The third kappa shape index (κ3) is 4.05. The molecule has 0 aromatic carbocycles. The van der Waals surface area contributed by atoms with E-state index in [-0.39, 0.29) is 0 Å². The van der Waals surface area contributed by atoms with Crippen molar-refractivity contribution in [2.45, 2.75) is 6.42 Å². The fourth-order valence-electron chi connectivity index (χ4n) is 1.59. The number of aromatic nitrogens is 3. The van der Waals surface area contributed by atoms with Crippen LogP contribution in [0.15, 0.2) is 29.0 Å². The van der Waals surface area contributed by atoms with E-state index in [9.17, 15) is 0 Å². The number of nitrogens with zero attached hydrogens (tertiary/aromatic N) is 1. The summed E-state index contributed by atoms with van der Waals surface area (Å²) in [4.78, 5) is 10.0. The summed E-state index contributed by atoms with van der Waals surface area (Å²) in [7, 11) is 0. The Hall–Kier alpha value is -1.53. The van der Waals surface area contributed by atoms with Gasteiger partial charge in [0.1, 0.15) is 0 Å². The van der Waals surface area contributed by atoms with Gasteiger partial charge in [-0.2, -0.15) is 0 Å². The summed E-state index contributed by atoms with van der Waals surface area (Å²) in [5.74, 6) is 0.444. The molecule has 6 heteroatoms. The summed E-state index contributed by atoms with van der Waals surface area (Å²) in [5, 5.41) is 3.33. The lowest BCUT2D eigenvalue weighted by Gasteiger charge is -1.99. The van der Waals surface area contributed by atoms with Gasteiger partial charge in [-0.1, -0.05) is 6.08 Å². The number of nitrogens with one attached hydrogen (secondary N) is 3. The molecule has 5 nitrogen and oxygen atoms in total. The number of aromatic amines is 2. The number of halogens is 1. The zero-order valence-electron chi connectivity index (χ0n) is 9.91. The Balaban J connectivity index is 1.63. The number of H-pyrrole nitrogens is 2. The molecule has 0 spiro atoms. The molecule has 0 bridgehead atoms. The molecule has 0 unspecified atom stereocenters. The largest absolute Gasteiger partial charge is 0.369 e. The maximum absolute atomic E-state index is 5.47. The van der Waals surface area contributed by atoms with Gasteiger partial charge in [-0.15, -0.1) is 0 Å². The number of nitrogens with two attached hydrogens (primary N) is 1. The Morgan fingerprint density at radius 2 is 2.39 bits per heavy atom. The van der Waals surface area contributed by atoms with Crippen molar-refractivity contribution in [3.05, 3.63) is 40.4 Å². The van der Waals surface area contributed by atoms with E-state index in [0.29, 0.717) is 5.95 Å². The minimum Gasteiger partial charge on any atom is -0.369 e. The molecule has 18 heavy (non-hydrogen) atoms. The van der Waals surface area contributed by atoms with E-state index in [1.807, 2.05) is 18.3 Å². The van der Waals surface area contributed by atoms with Crippen molar-refractivity contribution in [1.82, 2.24) is 20.3 Å². The summed E-state index contributed by atoms with van der Waals surface area (Å²) in [6, 6.07) is 2.09. The molecule has 0 aliphatic heterocycles. The Bertz CT molecular complexity index is 514. The van der Waals surface area contributed by atoms with Crippen molar-refractivity contribution in [3.8, 4) is 0 Å². The van der Waals surface area contributed by atoms with Gasteiger partial charge in [0.25, 0.3) is 0 Å². The molecule has 5 N–H and O–H groups in total. The predicted molar refractivity (Wildman–Crippen MR) is 77.1 cm³/mol. The summed E-state index contributed by atoms with van der Waals surface area (Å²) in [6.45, 7) is 1.75. The lowest BCUT2D eigenvalue weighted by atomic mass is 10.3. The number of nitrogen functional groups attached to an aromatic ring is 1. The van der Waals surface area contributed by atoms with Crippen molar-refractivity contribution in [3.63, 3.8) is 0 Å². The predicted octanol–water partition coefficient (Wildman–Crippen LogP) is 1.93. The van der Waals surface area contributed by atoms with Crippen molar-refractivity contribution >= 4 is 28.0 Å². The van der Waals surface area contributed by atoms with Crippen LogP contribution >= 0.6 is 15.9 Å². The second-order valence-corrected chi connectivity index (χ2v) is 4.84. The second kappa shape index (κ2) is 6.42. The number of anilines is 1. The zero-order valence-corrected chi connectivity index (χ0v) is 11.5. The Kier molecular flexibility index (Phi) is 4.60. The fraction of sp³-hybridized carbons (Fsp3) is 0.250. The maximum atomic E-state index is 5.47. The summed E-state index contributed by atoms with van der Waals surface area (Å²) in [5.41, 5.74) is 7.61. The minimum absolute atomic E-state index is 0.444. The minimum atomic E-state index is 0.444. The second-order valence-electron chi connectivity index (χ2n) is 3.92. The molecule has 2 rings (SSSR count). The smallest absolute Gasteiger partial charge is 0.197 e. The molecular formula is C12H16BrN5. The first kappa shape index (κ1) is 12.9. The molecular weight excluding hydrogens is 294 g/mol. The molecule has 2 aromatic rings. The van der Waals surface area contributed by atoms with E-state index in [1.165, 1.54) is 5.69 Å². The lowest BCUT2D eigenvalue weighted by Crippen LogP contribution is -2.17. The first-order chi connectivity index (χ1) is 8.74. The van der Waals surface area contributed by atoms with Gasteiger partial charge < -0.3 is 21.0 Å². The highest BCUT2D eigenvalue weighted by molar-refractivity contribution is 9.10. The van der Waals surface area contributed by atoms with E-state index < -0.39 is 0 Å². The number of hydrogen-bond donors (Lipinski definition) is 4. The van der Waals surface area contributed by atoms with Crippen LogP contribution in [0, 0.1) is 0 Å². The van der Waals surface area contributed by atoms with Gasteiger partial charge >= 0.3 is 0 Å². The molecule has 0 saturated heterocycles. The Morgan fingerprint density at radius 3 is 3.06 bits per heavy atom. The van der Waals surface area contributed by atoms with Gasteiger partial charge in [0.15, 0.2) is 5.95 Å². The normalized spacial score (nSPS) is 11.4. The number of rotatable bonds is 6. The van der Waals surface area contributed by atoms with Crippen molar-refractivity contribution < 1.29 is 0 Å². The highest BCUT2D eigenvalue weighted by atomic mass is 79.9. The van der Waals surface area contributed by atoms with Gasteiger partial charge in [0.05, 0.1) is 11.9 Å². The van der Waals surface area contributed by atoms with Crippen molar-refractivity contribution in [2.75, 3.05) is 18.8 Å². The van der Waals surface area contributed by atoms with E-state index in [4.69, 9.17) is 5.73 Å². The van der Waals surface area contributed by atoms with Crippen LogP contribution < -0.4 is 11.1 Å². The third-order valence-electron chi connectivity index (χ3n) is 2.45. The molecule has 0 atom stereocenters. The van der Waals surface area contributed by atoms with E-state index in [2.05, 4.69) is 42.3 Å². The highest BCUT2D eigenvalue weighted by Crippen LogP contribution is 2.10. The third-order valence-corrected chi connectivity index (χ3v) is 2.91. The standard InChI is InChI=1S/C12H16BrN5/c13-9-6-10(16-7-9)3-5-15-4-1-2-11-8-17-12(14)18-11/h1-2,6-8,15-16H,3-5H2,(H3,14,17,18)/b2-1-. The molecule has 96 valence electrons. The summed E-state index contributed by atoms with van der Waals surface area (Å²) >= 11 is 3.41. The molecule has 0 aliphatic carbocycles. The van der Waals surface area contributed by atoms with Gasteiger partial charge in [-0.25, -0.2) is 4.98 Å². The summed E-state index contributed by atoms with van der Waals surface area (Å²) < 4.78 is 1.09. The molecule has 2 heterocycles. The quantitative estimate of drug-likeness (QED) is 0.615. The van der Waals surface area contributed by atoms with Crippen molar-refractivity contribution in [1.29, 1.82) is 0 Å². The number of hydrogen-bond acceptors (Lipinski definition) is 3. The average Bonchev–Trinajstić information content (AvgIpc) is 2.93. The fourth-order valence-corrected chi connectivity index (χ4v) is 1.98. The summed E-state index contributed by atoms with van der Waals surface area (Å²) in [6.07, 6.45) is 8.63. The lowest BCUT2D eigenvalue weighted by molar-refractivity contribution is 0.737. The van der Waals surface area contributed by atoms with E-state index in [0.717, 1.165) is 29.7 Å². The van der Waals surface area contributed by atoms with Crippen LogP contribution in [-0.4, -0.2) is 28.0 Å². The van der Waals surface area contributed by atoms with Gasteiger partial charge in [0, 0.05) is 29.5 Å². The van der Waals surface area contributed by atoms with Crippen LogP contribution in [-0.2, 0) is 6.42 Å². The average molecular weight is 310 g/mol. The monoisotopic (exact) mass is 309 g/mol. The van der Waals surface area contributed by atoms with Crippen LogP contribution in [0.5, 0.6) is 0 Å². The van der Waals surface area contributed by atoms with Crippen LogP contribution in [0.2, 0.25) is 0 Å². The zero-order chi connectivity index (χ0) is 12.8. The van der Waals surface area contributed by atoms with Gasteiger partial charge in [-0.3, -0.25) is 0 Å². The molecule has 0 amide bonds. The SMILES string of the molecule is Nc1ncc(/C=C\CNCCc2cc(Br)c[nH]2)[nH]1. The molecule has 2 aromatic heterocycles. The molecule has 0 fully saturated rings.